The molecule has 0 aliphatic carbocycles. The molecule has 0 aromatic carbocycles. The zero-order valence-electron chi connectivity index (χ0n) is 14.1. The minimum atomic E-state index is -1.30. The third-order valence-electron chi connectivity index (χ3n) is 4.57. The molecular formula is C19H21N3O2. The van der Waals surface area contributed by atoms with Gasteiger partial charge in [-0.2, -0.15) is 10.5 Å². The molecule has 1 N–H and O–H groups in total. The van der Waals surface area contributed by atoms with Gasteiger partial charge in [0, 0.05) is 31.3 Å². The van der Waals surface area contributed by atoms with E-state index >= 15 is 0 Å². The zero-order valence-corrected chi connectivity index (χ0v) is 14.1. The molecular weight excluding hydrogens is 302 g/mol. The van der Waals surface area contributed by atoms with E-state index < -0.39 is 11.4 Å². The lowest BCUT2D eigenvalue weighted by Gasteiger charge is -2.36. The first-order valence-electron chi connectivity index (χ1n) is 7.98. The van der Waals surface area contributed by atoms with Gasteiger partial charge in [0.05, 0.1) is 12.1 Å². The predicted molar refractivity (Wildman–Crippen MR) is 89.0 cm³/mol. The van der Waals surface area contributed by atoms with Gasteiger partial charge in [0.25, 0.3) is 0 Å². The molecule has 0 radical (unpaired) electrons. The van der Waals surface area contributed by atoms with Crippen molar-refractivity contribution in [2.75, 3.05) is 6.61 Å². The van der Waals surface area contributed by atoms with Crippen molar-refractivity contribution in [2.45, 2.75) is 45.2 Å². The average Bonchev–Trinajstić information content (AvgIpc) is 2.91. The largest absolute Gasteiger partial charge is 0.453 e. The van der Waals surface area contributed by atoms with Gasteiger partial charge >= 0.3 is 5.97 Å². The van der Waals surface area contributed by atoms with E-state index in [2.05, 4.69) is 35.9 Å². The van der Waals surface area contributed by atoms with Crippen molar-refractivity contribution in [3.63, 3.8) is 0 Å². The molecule has 2 aliphatic heterocycles. The highest BCUT2D eigenvalue weighted by Crippen LogP contribution is 2.44. The number of ether oxygens (including phenoxy) is 1. The van der Waals surface area contributed by atoms with Gasteiger partial charge in [-0.05, 0) is 25.3 Å². The number of carbonyl (C=O) groups excluding carboxylic acids is 1. The Kier molecular flexibility index (Phi) is 5.45. The van der Waals surface area contributed by atoms with Gasteiger partial charge in [0.15, 0.2) is 12.0 Å². The number of nitriles is 2. The molecule has 3 atom stereocenters. The van der Waals surface area contributed by atoms with Gasteiger partial charge in [-0.1, -0.05) is 30.1 Å². The molecule has 2 bridgehead atoms. The number of hydrogen-bond acceptors (Lipinski definition) is 5. The fraction of sp³-hybridized carbons (Fsp3) is 0.526. The van der Waals surface area contributed by atoms with Crippen LogP contribution in [0.4, 0.5) is 0 Å². The third kappa shape index (κ3) is 3.51. The lowest BCUT2D eigenvalue weighted by Crippen LogP contribution is -2.44. The first-order chi connectivity index (χ1) is 11.4. The summed E-state index contributed by atoms with van der Waals surface area (Å²) in [4.78, 5) is 10.7. The van der Waals surface area contributed by atoms with Crippen LogP contribution in [0.1, 0.15) is 33.1 Å². The molecule has 0 aromatic rings. The van der Waals surface area contributed by atoms with Crippen molar-refractivity contribution in [1.82, 2.24) is 5.32 Å². The van der Waals surface area contributed by atoms with E-state index in [4.69, 9.17) is 4.74 Å². The summed E-state index contributed by atoms with van der Waals surface area (Å²) >= 11 is 0. The Bertz CT molecular complexity index is 698. The Balaban J connectivity index is 2.28. The second-order valence-electron chi connectivity index (χ2n) is 6.34. The van der Waals surface area contributed by atoms with Crippen LogP contribution in [0.2, 0.25) is 0 Å². The van der Waals surface area contributed by atoms with Gasteiger partial charge < -0.3 is 10.1 Å². The van der Waals surface area contributed by atoms with Gasteiger partial charge in [-0.25, -0.2) is 0 Å². The summed E-state index contributed by atoms with van der Waals surface area (Å²) in [5.41, 5.74) is 0.463. The molecule has 124 valence electrons. The van der Waals surface area contributed by atoms with E-state index in [-0.39, 0.29) is 31.0 Å². The minimum absolute atomic E-state index is 0.0293. The predicted octanol–water partition coefficient (Wildman–Crippen LogP) is 2.23. The van der Waals surface area contributed by atoms with Crippen LogP contribution in [0.5, 0.6) is 0 Å². The Morgan fingerprint density at radius 3 is 2.67 bits per heavy atom. The fourth-order valence-electron chi connectivity index (χ4n) is 3.47. The van der Waals surface area contributed by atoms with Crippen LogP contribution in [-0.2, 0) is 9.53 Å². The second-order valence-corrected chi connectivity index (χ2v) is 6.34. The normalized spacial score (nSPS) is 24.7. The van der Waals surface area contributed by atoms with E-state index in [1.807, 2.05) is 13.0 Å². The average molecular weight is 323 g/mol. The maximum atomic E-state index is 10.7. The maximum Gasteiger partial charge on any atom is 0.303 e. The van der Waals surface area contributed by atoms with Crippen LogP contribution in [0, 0.1) is 45.8 Å². The standard InChI is InChI=1S/C19H21N3O2/c1-13(2)18-16(10-15-6-7-17(18)22-15)19(11-20,12-21)8-4-5-9-24-14(3)23/h10,15,17-18,22H,1,6-9H2,2-3H3/t15-,17+,18-/m1/s1. The molecule has 0 unspecified atom stereocenters. The van der Waals surface area contributed by atoms with Gasteiger partial charge in [-0.15, -0.1) is 0 Å². The Labute approximate surface area is 143 Å². The van der Waals surface area contributed by atoms with Crippen molar-refractivity contribution in [3.8, 4) is 24.0 Å². The molecule has 2 aliphatic rings. The van der Waals surface area contributed by atoms with Crippen molar-refractivity contribution in [3.05, 3.63) is 23.8 Å². The SMILES string of the molecule is C=C(C)[C@@H]1C(C(C#N)(C#N)CC#CCOC(C)=O)=C[C@H]2CC[C@@H]1N2. The lowest BCUT2D eigenvalue weighted by molar-refractivity contribution is -0.139. The van der Waals surface area contributed by atoms with Crippen LogP contribution < -0.4 is 5.32 Å². The molecule has 0 amide bonds. The van der Waals surface area contributed by atoms with Gasteiger partial charge in [0.2, 0.25) is 0 Å². The van der Waals surface area contributed by atoms with Crippen molar-refractivity contribution in [2.24, 2.45) is 11.3 Å². The van der Waals surface area contributed by atoms with E-state index in [1.165, 1.54) is 6.92 Å². The molecule has 2 heterocycles. The molecule has 5 heteroatoms. The fourth-order valence-corrected chi connectivity index (χ4v) is 3.47. The van der Waals surface area contributed by atoms with Crippen LogP contribution in [0.3, 0.4) is 0 Å². The number of carbonyl (C=O) groups is 1. The number of fused-ring (bicyclic) bond motifs is 2. The molecule has 0 saturated carbocycles. The van der Waals surface area contributed by atoms with Crippen molar-refractivity contribution in [1.29, 1.82) is 10.5 Å². The number of hydrogen-bond donors (Lipinski definition) is 1. The number of esters is 1. The summed E-state index contributed by atoms with van der Waals surface area (Å²) in [6.45, 7) is 7.28. The number of nitrogens with one attached hydrogen (secondary N) is 1. The molecule has 2 rings (SSSR count). The third-order valence-corrected chi connectivity index (χ3v) is 4.57. The van der Waals surface area contributed by atoms with Gasteiger partial charge in [0.1, 0.15) is 0 Å². The van der Waals surface area contributed by atoms with E-state index in [9.17, 15) is 15.3 Å². The van der Waals surface area contributed by atoms with Crippen LogP contribution in [0.15, 0.2) is 23.8 Å². The summed E-state index contributed by atoms with van der Waals surface area (Å²) in [5, 5.41) is 23.0. The summed E-state index contributed by atoms with van der Waals surface area (Å²) in [7, 11) is 0. The highest BCUT2D eigenvalue weighted by atomic mass is 16.5. The highest BCUT2D eigenvalue weighted by molar-refractivity contribution is 5.66. The van der Waals surface area contributed by atoms with Crippen LogP contribution in [0.25, 0.3) is 0 Å². The molecule has 5 nitrogen and oxygen atoms in total. The lowest BCUT2D eigenvalue weighted by atomic mass is 9.69. The molecule has 1 fully saturated rings. The van der Waals surface area contributed by atoms with E-state index in [1.54, 1.807) is 0 Å². The zero-order chi connectivity index (χ0) is 17.7. The first-order valence-corrected chi connectivity index (χ1v) is 7.98. The summed E-state index contributed by atoms with van der Waals surface area (Å²) < 4.78 is 4.76. The van der Waals surface area contributed by atoms with Gasteiger partial charge in [-0.3, -0.25) is 4.79 Å². The number of rotatable bonds is 4. The topological polar surface area (TPSA) is 85.9 Å². The maximum absolute atomic E-state index is 10.7. The Morgan fingerprint density at radius 2 is 2.08 bits per heavy atom. The van der Waals surface area contributed by atoms with Crippen molar-refractivity contribution >= 4 is 5.97 Å². The minimum Gasteiger partial charge on any atom is -0.453 e. The Morgan fingerprint density at radius 1 is 1.38 bits per heavy atom. The van der Waals surface area contributed by atoms with Crippen LogP contribution in [-0.4, -0.2) is 24.7 Å². The van der Waals surface area contributed by atoms with Crippen LogP contribution >= 0.6 is 0 Å². The summed E-state index contributed by atoms with van der Waals surface area (Å²) in [6, 6.07) is 4.79. The molecule has 1 saturated heterocycles. The van der Waals surface area contributed by atoms with E-state index in [0.717, 1.165) is 24.0 Å². The number of nitrogens with zero attached hydrogens (tertiary/aromatic N) is 2. The summed E-state index contributed by atoms with van der Waals surface area (Å²) in [6.07, 6.45) is 4.12. The van der Waals surface area contributed by atoms with E-state index in [0.29, 0.717) is 0 Å². The smallest absolute Gasteiger partial charge is 0.303 e. The summed E-state index contributed by atoms with van der Waals surface area (Å²) in [5.74, 6) is 5.09. The first kappa shape index (κ1) is 17.8. The highest BCUT2D eigenvalue weighted by Gasteiger charge is 2.46. The van der Waals surface area contributed by atoms with Crippen molar-refractivity contribution < 1.29 is 9.53 Å². The quantitative estimate of drug-likeness (QED) is 0.487. The molecule has 0 aromatic heterocycles. The molecule has 24 heavy (non-hydrogen) atoms. The second kappa shape index (κ2) is 7.35. The monoisotopic (exact) mass is 323 g/mol. The molecule has 0 spiro atoms. The Hall–Kier alpha value is -2.55.